The lowest BCUT2D eigenvalue weighted by atomic mass is 9.78. The molecular weight excluding hydrogens is 172 g/mol. The molecule has 0 saturated carbocycles. The molecule has 0 fully saturated rings. The maximum atomic E-state index is 10.8. The molecule has 4 heteroatoms. The molecule has 4 nitrogen and oxygen atoms in total. The molecule has 13 heavy (non-hydrogen) atoms. The first-order chi connectivity index (χ1) is 5.99. The van der Waals surface area contributed by atoms with Gasteiger partial charge < -0.3 is 10.2 Å². The zero-order valence-electron chi connectivity index (χ0n) is 6.99. The van der Waals surface area contributed by atoms with Crippen molar-refractivity contribution in [3.63, 3.8) is 0 Å². The Bertz CT molecular complexity index is 287. The summed E-state index contributed by atoms with van der Waals surface area (Å²) in [7, 11) is 0. The van der Waals surface area contributed by atoms with Crippen LogP contribution >= 0.6 is 0 Å². The van der Waals surface area contributed by atoms with Crippen molar-refractivity contribution < 1.29 is 19.8 Å². The van der Waals surface area contributed by atoms with Gasteiger partial charge in [0.25, 0.3) is 0 Å². The number of hydrogen-bond acceptors (Lipinski definition) is 2. The molecule has 1 aliphatic rings. The van der Waals surface area contributed by atoms with E-state index in [0.717, 1.165) is 5.57 Å². The van der Waals surface area contributed by atoms with E-state index in [-0.39, 0.29) is 6.42 Å². The molecule has 0 unspecified atom stereocenters. The molecule has 0 aromatic heterocycles. The number of carboxylic acid groups (broad SMARTS) is 2. The van der Waals surface area contributed by atoms with E-state index < -0.39 is 17.4 Å². The van der Waals surface area contributed by atoms with E-state index in [4.69, 9.17) is 10.2 Å². The van der Waals surface area contributed by atoms with Gasteiger partial charge in [0, 0.05) is 0 Å². The molecule has 0 aromatic carbocycles. The lowest BCUT2D eigenvalue weighted by Gasteiger charge is -2.24. The molecule has 0 aromatic rings. The molecule has 0 heterocycles. The summed E-state index contributed by atoms with van der Waals surface area (Å²) < 4.78 is 0. The van der Waals surface area contributed by atoms with Crippen LogP contribution in [0.25, 0.3) is 0 Å². The van der Waals surface area contributed by atoms with Crippen molar-refractivity contribution in [3.8, 4) is 0 Å². The van der Waals surface area contributed by atoms with Crippen molar-refractivity contribution >= 4 is 11.9 Å². The van der Waals surface area contributed by atoms with E-state index in [1.807, 2.05) is 0 Å². The molecule has 0 spiro atoms. The number of aliphatic carboxylic acids is 2. The highest BCUT2D eigenvalue weighted by Crippen LogP contribution is 2.33. The van der Waals surface area contributed by atoms with Crippen molar-refractivity contribution in [2.75, 3.05) is 0 Å². The first-order valence-corrected chi connectivity index (χ1v) is 3.83. The van der Waals surface area contributed by atoms with Crippen LogP contribution < -0.4 is 0 Å². The Morgan fingerprint density at radius 2 is 1.92 bits per heavy atom. The lowest BCUT2D eigenvalue weighted by molar-refractivity contribution is -0.161. The second-order valence-electron chi connectivity index (χ2n) is 3.07. The van der Waals surface area contributed by atoms with Crippen LogP contribution in [0, 0.1) is 5.41 Å². The molecule has 1 rings (SSSR count). The summed E-state index contributed by atoms with van der Waals surface area (Å²) in [5.74, 6) is -2.63. The Morgan fingerprint density at radius 3 is 2.23 bits per heavy atom. The van der Waals surface area contributed by atoms with E-state index in [0.29, 0.717) is 6.42 Å². The molecule has 2 N–H and O–H groups in total. The van der Waals surface area contributed by atoms with E-state index in [2.05, 4.69) is 6.58 Å². The second-order valence-corrected chi connectivity index (χ2v) is 3.07. The summed E-state index contributed by atoms with van der Waals surface area (Å²) in [6.07, 6.45) is 3.15. The third-order valence-corrected chi connectivity index (χ3v) is 2.21. The van der Waals surface area contributed by atoms with Crippen LogP contribution in [0.1, 0.15) is 12.8 Å². The zero-order chi connectivity index (χ0) is 10.1. The number of carbonyl (C=O) groups is 2. The summed E-state index contributed by atoms with van der Waals surface area (Å²) in [5.41, 5.74) is -0.987. The Balaban J connectivity index is 3.07. The Kier molecular flexibility index (Phi) is 2.23. The maximum absolute atomic E-state index is 10.8. The summed E-state index contributed by atoms with van der Waals surface area (Å²) in [5, 5.41) is 17.6. The molecule has 0 aliphatic heterocycles. The minimum absolute atomic E-state index is 0.0764. The van der Waals surface area contributed by atoms with Gasteiger partial charge in [-0.05, 0) is 12.8 Å². The molecule has 1 aliphatic carbocycles. The van der Waals surface area contributed by atoms with Gasteiger partial charge in [0.05, 0.1) is 0 Å². The van der Waals surface area contributed by atoms with E-state index >= 15 is 0 Å². The van der Waals surface area contributed by atoms with Crippen LogP contribution in [0.4, 0.5) is 0 Å². The fraction of sp³-hybridized carbons (Fsp3) is 0.333. The van der Waals surface area contributed by atoms with Gasteiger partial charge in [-0.25, -0.2) is 0 Å². The fourth-order valence-electron chi connectivity index (χ4n) is 1.23. The normalized spacial score (nSPS) is 19.8. The highest BCUT2D eigenvalue weighted by Gasteiger charge is 2.45. The van der Waals surface area contributed by atoms with E-state index in [9.17, 15) is 9.59 Å². The largest absolute Gasteiger partial charge is 0.480 e. The Labute approximate surface area is 75.2 Å². The van der Waals surface area contributed by atoms with E-state index in [1.54, 1.807) is 0 Å². The molecule has 0 atom stereocenters. The van der Waals surface area contributed by atoms with Gasteiger partial charge in [0.2, 0.25) is 0 Å². The fourth-order valence-corrected chi connectivity index (χ4v) is 1.23. The predicted molar refractivity (Wildman–Crippen MR) is 45.2 cm³/mol. The Hall–Kier alpha value is -1.58. The van der Waals surface area contributed by atoms with Crippen LogP contribution in [0.5, 0.6) is 0 Å². The SMILES string of the molecule is C=C1C=CC(C(=O)O)(C(=O)O)CC1. The van der Waals surface area contributed by atoms with Gasteiger partial charge in [-0.2, -0.15) is 0 Å². The van der Waals surface area contributed by atoms with Crippen LogP contribution in [-0.4, -0.2) is 22.2 Å². The zero-order valence-corrected chi connectivity index (χ0v) is 6.99. The van der Waals surface area contributed by atoms with Crippen LogP contribution in [-0.2, 0) is 9.59 Å². The van der Waals surface area contributed by atoms with Gasteiger partial charge in [-0.1, -0.05) is 24.3 Å². The van der Waals surface area contributed by atoms with Crippen LogP contribution in [0.15, 0.2) is 24.3 Å². The average molecular weight is 182 g/mol. The highest BCUT2D eigenvalue weighted by molar-refractivity contribution is 6.00. The van der Waals surface area contributed by atoms with Crippen molar-refractivity contribution in [1.82, 2.24) is 0 Å². The lowest BCUT2D eigenvalue weighted by Crippen LogP contribution is -2.38. The third-order valence-electron chi connectivity index (χ3n) is 2.21. The van der Waals surface area contributed by atoms with Gasteiger partial charge in [0.15, 0.2) is 5.41 Å². The van der Waals surface area contributed by atoms with Crippen molar-refractivity contribution in [1.29, 1.82) is 0 Å². The van der Waals surface area contributed by atoms with Crippen molar-refractivity contribution in [2.24, 2.45) is 5.41 Å². The summed E-state index contributed by atoms with van der Waals surface area (Å²) in [4.78, 5) is 21.5. The summed E-state index contributed by atoms with van der Waals surface area (Å²) in [6, 6.07) is 0. The molecule has 0 bridgehead atoms. The molecule has 70 valence electrons. The number of hydrogen-bond donors (Lipinski definition) is 2. The topological polar surface area (TPSA) is 74.6 Å². The third kappa shape index (κ3) is 1.47. The monoisotopic (exact) mass is 182 g/mol. The van der Waals surface area contributed by atoms with Gasteiger partial charge >= 0.3 is 11.9 Å². The molecule has 0 saturated heterocycles. The first kappa shape index (κ1) is 9.51. The number of rotatable bonds is 2. The van der Waals surface area contributed by atoms with Crippen molar-refractivity contribution in [2.45, 2.75) is 12.8 Å². The standard InChI is InChI=1S/C9H10O4/c1-6-2-4-9(5-3-6,7(10)11)8(12)13/h2,4H,1,3,5H2,(H,10,11)(H,12,13). The first-order valence-electron chi connectivity index (χ1n) is 3.83. The summed E-state index contributed by atoms with van der Waals surface area (Å²) >= 11 is 0. The predicted octanol–water partition coefficient (Wildman–Crippen LogP) is 1.05. The maximum Gasteiger partial charge on any atom is 0.325 e. The van der Waals surface area contributed by atoms with Gasteiger partial charge in [-0.15, -0.1) is 0 Å². The minimum Gasteiger partial charge on any atom is -0.480 e. The smallest absolute Gasteiger partial charge is 0.325 e. The van der Waals surface area contributed by atoms with Gasteiger partial charge in [-0.3, -0.25) is 9.59 Å². The summed E-state index contributed by atoms with van der Waals surface area (Å²) in [6.45, 7) is 3.63. The quantitative estimate of drug-likeness (QED) is 0.626. The van der Waals surface area contributed by atoms with Crippen LogP contribution in [0.3, 0.4) is 0 Å². The van der Waals surface area contributed by atoms with Gasteiger partial charge in [0.1, 0.15) is 0 Å². The van der Waals surface area contributed by atoms with Crippen molar-refractivity contribution in [3.05, 3.63) is 24.3 Å². The Morgan fingerprint density at radius 1 is 1.38 bits per heavy atom. The van der Waals surface area contributed by atoms with Crippen LogP contribution in [0.2, 0.25) is 0 Å². The number of allylic oxidation sites excluding steroid dienone is 2. The minimum atomic E-state index is -1.75. The molecular formula is C9H10O4. The number of carboxylic acids is 2. The van der Waals surface area contributed by atoms with E-state index in [1.165, 1.54) is 12.2 Å². The highest BCUT2D eigenvalue weighted by atomic mass is 16.4. The molecule has 0 radical (unpaired) electrons. The average Bonchev–Trinajstić information content (AvgIpc) is 2.04. The second kappa shape index (κ2) is 3.05. The molecule has 0 amide bonds.